The van der Waals surface area contributed by atoms with Gasteiger partial charge in [0.1, 0.15) is 0 Å². The van der Waals surface area contributed by atoms with Crippen LogP contribution in [0.25, 0.3) is 16.5 Å². The highest BCUT2D eigenvalue weighted by Gasteiger charge is 2.31. The van der Waals surface area contributed by atoms with Crippen LogP contribution in [-0.2, 0) is 6.54 Å². The minimum Gasteiger partial charge on any atom is -0.345 e. The van der Waals surface area contributed by atoms with Gasteiger partial charge >= 0.3 is 0 Å². The van der Waals surface area contributed by atoms with E-state index in [0.717, 1.165) is 6.54 Å². The smallest absolute Gasteiger partial charge is 0.0557 e. The average molecular weight is 238 g/mol. The number of rotatable bonds is 0. The number of para-hydroxylation sites is 1. The molecule has 2 atom stereocenters. The number of hydrogen-bond acceptors (Lipinski definition) is 1. The molecule has 0 fully saturated rings. The third-order valence-electron chi connectivity index (χ3n) is 4.40. The van der Waals surface area contributed by atoms with Crippen LogP contribution >= 0.6 is 0 Å². The molecule has 1 unspecified atom stereocenters. The Morgan fingerprint density at radius 3 is 2.94 bits per heavy atom. The lowest BCUT2D eigenvalue weighted by atomic mass is 9.86. The summed E-state index contributed by atoms with van der Waals surface area (Å²) < 4.78 is 2.42. The van der Waals surface area contributed by atoms with Gasteiger partial charge in [-0.1, -0.05) is 31.2 Å². The van der Waals surface area contributed by atoms with E-state index in [1.807, 2.05) is 0 Å². The van der Waals surface area contributed by atoms with Gasteiger partial charge in [0.25, 0.3) is 0 Å². The molecule has 0 amide bonds. The van der Waals surface area contributed by atoms with Crippen molar-refractivity contribution in [3.05, 3.63) is 42.1 Å². The van der Waals surface area contributed by atoms with Crippen LogP contribution in [0.15, 0.2) is 36.5 Å². The highest BCUT2D eigenvalue weighted by molar-refractivity contribution is 5.94. The largest absolute Gasteiger partial charge is 0.345 e. The lowest BCUT2D eigenvalue weighted by molar-refractivity contribution is 0.234. The molecular weight excluding hydrogens is 220 g/mol. The highest BCUT2D eigenvalue weighted by atomic mass is 15.2. The molecule has 1 aromatic heterocycles. The Morgan fingerprint density at radius 1 is 1.17 bits per heavy atom. The molecule has 2 heteroatoms. The summed E-state index contributed by atoms with van der Waals surface area (Å²) in [6.45, 7) is 4.57. The van der Waals surface area contributed by atoms with E-state index in [1.165, 1.54) is 28.6 Å². The molecule has 2 aliphatic rings. The Morgan fingerprint density at radius 2 is 2.06 bits per heavy atom. The molecule has 2 nitrogen and oxygen atoms in total. The molecule has 1 aromatic carbocycles. The molecule has 0 saturated heterocycles. The van der Waals surface area contributed by atoms with E-state index >= 15 is 0 Å². The lowest BCUT2D eigenvalue weighted by Gasteiger charge is -2.39. The quantitative estimate of drug-likeness (QED) is 0.685. The molecule has 3 heterocycles. The molecule has 0 radical (unpaired) electrons. The molecule has 4 rings (SSSR count). The second kappa shape index (κ2) is 3.48. The Kier molecular flexibility index (Phi) is 2.01. The Labute approximate surface area is 108 Å². The van der Waals surface area contributed by atoms with Gasteiger partial charge in [-0.05, 0) is 24.6 Å². The predicted octanol–water partition coefficient (Wildman–Crippen LogP) is 2.99. The maximum absolute atomic E-state index is 2.50. The van der Waals surface area contributed by atoms with Crippen LogP contribution in [-0.4, -0.2) is 29.1 Å². The summed E-state index contributed by atoms with van der Waals surface area (Å²) in [5.41, 5.74) is 4.39. The van der Waals surface area contributed by atoms with Crippen LogP contribution in [0.3, 0.4) is 0 Å². The van der Waals surface area contributed by atoms with Gasteiger partial charge in [-0.3, -0.25) is 4.90 Å². The van der Waals surface area contributed by atoms with E-state index in [9.17, 15) is 0 Å². The summed E-state index contributed by atoms with van der Waals surface area (Å²) in [4.78, 5) is 2.50. The molecule has 18 heavy (non-hydrogen) atoms. The number of fused-ring (bicyclic) bond motifs is 2. The van der Waals surface area contributed by atoms with Gasteiger partial charge < -0.3 is 4.57 Å². The van der Waals surface area contributed by atoms with Crippen molar-refractivity contribution in [3.63, 3.8) is 0 Å². The second-order valence-corrected chi connectivity index (χ2v) is 5.77. The zero-order valence-electron chi connectivity index (χ0n) is 10.9. The van der Waals surface area contributed by atoms with E-state index in [-0.39, 0.29) is 0 Å². The third kappa shape index (κ3) is 1.27. The van der Waals surface area contributed by atoms with Crippen LogP contribution in [0.1, 0.15) is 12.5 Å². The Balaban J connectivity index is 2.02. The number of likely N-dealkylation sites (N-methyl/N-ethyl adjacent to an activating group) is 1. The minimum absolute atomic E-state index is 0.548. The molecule has 2 aliphatic heterocycles. The molecule has 0 N–H and O–H groups in total. The zero-order valence-corrected chi connectivity index (χ0v) is 10.9. The van der Waals surface area contributed by atoms with Gasteiger partial charge in [0.15, 0.2) is 0 Å². The standard InChI is InChI=1S/C16H18N2/c1-11-8-14-13-5-3-4-12-6-7-18(16(12)13)10-15(14)17(2)9-11/h3-8,11,15H,9-10H2,1-2H3/t11-,15?/m1/s1. The van der Waals surface area contributed by atoms with Crippen molar-refractivity contribution in [1.82, 2.24) is 9.47 Å². The van der Waals surface area contributed by atoms with Crippen molar-refractivity contribution in [1.29, 1.82) is 0 Å². The Bertz CT molecular complexity index is 650. The van der Waals surface area contributed by atoms with Gasteiger partial charge in [0, 0.05) is 30.2 Å². The van der Waals surface area contributed by atoms with Crippen LogP contribution in [0, 0.1) is 5.92 Å². The fourth-order valence-corrected chi connectivity index (χ4v) is 3.63. The van der Waals surface area contributed by atoms with Crippen molar-refractivity contribution >= 4 is 16.5 Å². The molecule has 0 bridgehead atoms. The SMILES string of the molecule is C[C@@H]1C=C2c3cccc4ccn(c34)CC2N(C)C1. The van der Waals surface area contributed by atoms with Gasteiger partial charge in [-0.2, -0.15) is 0 Å². The van der Waals surface area contributed by atoms with Gasteiger partial charge in [0.2, 0.25) is 0 Å². The molecule has 0 spiro atoms. The summed E-state index contributed by atoms with van der Waals surface area (Å²) in [5, 5.41) is 1.37. The van der Waals surface area contributed by atoms with Gasteiger partial charge in [-0.25, -0.2) is 0 Å². The molecular formula is C16H18N2. The van der Waals surface area contributed by atoms with Crippen molar-refractivity contribution in [2.24, 2.45) is 5.92 Å². The molecule has 0 saturated carbocycles. The Hall–Kier alpha value is -1.54. The first-order valence-electron chi connectivity index (χ1n) is 6.74. The van der Waals surface area contributed by atoms with Crippen LogP contribution in [0.5, 0.6) is 0 Å². The maximum Gasteiger partial charge on any atom is 0.0557 e. The number of benzene rings is 1. The molecule has 92 valence electrons. The lowest BCUT2D eigenvalue weighted by Crippen LogP contribution is -2.43. The summed E-state index contributed by atoms with van der Waals surface area (Å²) >= 11 is 0. The number of aromatic nitrogens is 1. The highest BCUT2D eigenvalue weighted by Crippen LogP contribution is 2.38. The van der Waals surface area contributed by atoms with Crippen LogP contribution < -0.4 is 0 Å². The summed E-state index contributed by atoms with van der Waals surface area (Å²) in [5.74, 6) is 0.651. The van der Waals surface area contributed by atoms with Gasteiger partial charge in [-0.15, -0.1) is 0 Å². The second-order valence-electron chi connectivity index (χ2n) is 5.77. The van der Waals surface area contributed by atoms with E-state index in [1.54, 1.807) is 0 Å². The van der Waals surface area contributed by atoms with Crippen LogP contribution in [0.4, 0.5) is 0 Å². The minimum atomic E-state index is 0.548. The van der Waals surface area contributed by atoms with E-state index in [4.69, 9.17) is 0 Å². The van der Waals surface area contributed by atoms with Crippen molar-refractivity contribution in [2.75, 3.05) is 13.6 Å². The molecule has 2 aromatic rings. The average Bonchev–Trinajstić information content (AvgIpc) is 2.76. The maximum atomic E-state index is 2.50. The fourth-order valence-electron chi connectivity index (χ4n) is 3.63. The van der Waals surface area contributed by atoms with Crippen molar-refractivity contribution in [3.8, 4) is 0 Å². The monoisotopic (exact) mass is 238 g/mol. The van der Waals surface area contributed by atoms with Crippen molar-refractivity contribution < 1.29 is 0 Å². The summed E-state index contributed by atoms with van der Waals surface area (Å²) in [6, 6.07) is 9.46. The number of hydrogen-bond donors (Lipinski definition) is 0. The van der Waals surface area contributed by atoms with Crippen LogP contribution in [0.2, 0.25) is 0 Å². The third-order valence-corrected chi connectivity index (χ3v) is 4.40. The first kappa shape index (κ1) is 10.4. The van der Waals surface area contributed by atoms with E-state index in [0.29, 0.717) is 12.0 Å². The topological polar surface area (TPSA) is 8.17 Å². The summed E-state index contributed by atoms with van der Waals surface area (Å²) in [6.07, 6.45) is 4.72. The van der Waals surface area contributed by atoms with Gasteiger partial charge in [0.05, 0.1) is 11.6 Å². The fraction of sp³-hybridized carbons (Fsp3) is 0.375. The molecule has 0 aliphatic carbocycles. The van der Waals surface area contributed by atoms with E-state index in [2.05, 4.69) is 60.0 Å². The summed E-state index contributed by atoms with van der Waals surface area (Å²) in [7, 11) is 2.25. The number of nitrogens with zero attached hydrogens (tertiary/aromatic N) is 2. The first-order chi connectivity index (χ1) is 8.74. The zero-order chi connectivity index (χ0) is 12.3. The first-order valence-corrected chi connectivity index (χ1v) is 6.74. The normalized spacial score (nSPS) is 27.1. The van der Waals surface area contributed by atoms with E-state index < -0.39 is 0 Å². The van der Waals surface area contributed by atoms with Crippen molar-refractivity contribution in [2.45, 2.75) is 19.5 Å². The predicted molar refractivity (Wildman–Crippen MR) is 75.5 cm³/mol.